The van der Waals surface area contributed by atoms with Crippen LogP contribution in [0.25, 0.3) is 11.8 Å². The molecule has 4 nitrogen and oxygen atoms in total. The third-order valence-corrected chi connectivity index (χ3v) is 0. The van der Waals surface area contributed by atoms with Crippen molar-refractivity contribution in [3.63, 3.8) is 0 Å². The predicted molar refractivity (Wildman–Crippen MR) is 28.8 cm³/mol. The van der Waals surface area contributed by atoms with Gasteiger partial charge < -0.3 is 20.8 Å². The molecule has 0 N–H and O–H groups in total. The van der Waals surface area contributed by atoms with Gasteiger partial charge in [0, 0.05) is 0 Å². The Morgan fingerprint density at radius 2 is 1.00 bits per heavy atom. The van der Waals surface area contributed by atoms with Gasteiger partial charge in [0.15, 0.2) is 0 Å². The molecule has 0 saturated heterocycles. The molecule has 0 bridgehead atoms. The topological polar surface area (TPSA) is 63.1 Å². The Morgan fingerprint density at radius 3 is 1.00 bits per heavy atom. The van der Waals surface area contributed by atoms with Crippen LogP contribution in [0.4, 0.5) is 0 Å². The van der Waals surface area contributed by atoms with Gasteiger partial charge in [0.2, 0.25) is 0 Å². The summed E-state index contributed by atoms with van der Waals surface area (Å²) < 4.78 is 6.78. The van der Waals surface area contributed by atoms with Crippen molar-refractivity contribution >= 4 is 21.0 Å². The molecule has 0 aromatic carbocycles. The molecule has 7 heavy (non-hydrogen) atoms. The van der Waals surface area contributed by atoms with Gasteiger partial charge in [-0.2, -0.15) is 0 Å². The third-order valence-electron chi connectivity index (χ3n) is 0. The molecule has 0 radical (unpaired) electrons. The quantitative estimate of drug-likeness (QED) is 0.348. The molecule has 0 aromatic rings. The summed E-state index contributed by atoms with van der Waals surface area (Å²) in [6, 6.07) is 0. The summed E-state index contributed by atoms with van der Waals surface area (Å²) in [4.78, 5) is 0. The number of hydrogen-bond acceptors (Lipinski definition) is 2. The second-order valence-corrected chi connectivity index (χ2v) is 1.10. The average Bonchev–Trinajstić information content (AvgIpc) is 1.39. The first-order valence-electron chi connectivity index (χ1n) is 1.18. The zero-order valence-corrected chi connectivity index (χ0v) is 10.7. The normalized spacial score (nSPS) is 6.00. The number of nitrogens with zero attached hydrogens (tertiary/aromatic N) is 2. The molecular formula is H6N2O2Si2Zr. The molecule has 0 saturated carbocycles. The zero-order chi connectivity index (χ0) is 5.41. The molecule has 7 heteroatoms. The minimum atomic E-state index is 0. The van der Waals surface area contributed by atoms with Gasteiger partial charge in [-0.05, 0) is 0 Å². The van der Waals surface area contributed by atoms with E-state index in [4.69, 9.17) is 11.8 Å². The van der Waals surface area contributed by atoms with E-state index in [9.17, 15) is 0 Å². The van der Waals surface area contributed by atoms with Gasteiger partial charge in [-0.3, -0.25) is 0 Å². The Kier molecular flexibility index (Phi) is 61.1. The fourth-order valence-corrected chi connectivity index (χ4v) is 0. The van der Waals surface area contributed by atoms with Gasteiger partial charge in [-0.25, -0.2) is 0 Å². The van der Waals surface area contributed by atoms with Gasteiger partial charge in [-0.15, -0.1) is 0 Å². The van der Waals surface area contributed by atoms with Crippen molar-refractivity contribution in [1.82, 2.24) is 0 Å². The molecule has 0 unspecified atom stereocenters. The second-order valence-electron chi connectivity index (χ2n) is 0.365. The average molecular weight is 213 g/mol. The first kappa shape index (κ1) is 15.7. The fraction of sp³-hybridized carbons (Fsp3) is 0. The van der Waals surface area contributed by atoms with Gasteiger partial charge in [-0.1, -0.05) is 0 Å². The van der Waals surface area contributed by atoms with Crippen LogP contribution in [-0.4, -0.2) is 21.0 Å². The SMILES string of the molecule is [N-2]O[SiH3].[N-2]O[SiH3].[Zr+4]. The van der Waals surface area contributed by atoms with Crippen LogP contribution in [-0.2, 0) is 35.3 Å². The van der Waals surface area contributed by atoms with Crippen molar-refractivity contribution in [2.75, 3.05) is 0 Å². The predicted octanol–water partition coefficient (Wildman–Crippen LogP) is -1.93. The van der Waals surface area contributed by atoms with Crippen LogP contribution in [0.2, 0.25) is 0 Å². The van der Waals surface area contributed by atoms with E-state index in [0.717, 1.165) is 0 Å². The van der Waals surface area contributed by atoms with Crippen molar-refractivity contribution in [1.29, 1.82) is 0 Å². The van der Waals surface area contributed by atoms with Crippen molar-refractivity contribution in [3.8, 4) is 0 Å². The minimum absolute atomic E-state index is 0. The van der Waals surface area contributed by atoms with Gasteiger partial charge >= 0.3 is 26.2 Å². The first-order chi connectivity index (χ1) is 2.83. The summed E-state index contributed by atoms with van der Waals surface area (Å²) in [7, 11) is 0.849. The number of hydrogen-bond donors (Lipinski definition) is 0. The second kappa shape index (κ2) is 27.2. The molecule has 40 valence electrons. The smallest absolute Gasteiger partial charge is 1.44 e. The standard InChI is InChI=1S/2H3NOSi.Zr/c2*1-2-3;/h2*3H3;/q2*-2;+4. The van der Waals surface area contributed by atoms with Crippen LogP contribution >= 0.6 is 0 Å². The van der Waals surface area contributed by atoms with E-state index >= 15 is 0 Å². The number of rotatable bonds is 0. The molecule has 0 atom stereocenters. The Hall–Kier alpha value is 1.16. The van der Waals surface area contributed by atoms with Gasteiger partial charge in [0.25, 0.3) is 0 Å². The van der Waals surface area contributed by atoms with Crippen LogP contribution in [0.15, 0.2) is 0 Å². The Morgan fingerprint density at radius 1 is 1.00 bits per heavy atom. The van der Waals surface area contributed by atoms with Crippen molar-refractivity contribution < 1.29 is 35.3 Å². The van der Waals surface area contributed by atoms with E-state index in [1.54, 1.807) is 0 Å². The molecule has 0 aliphatic rings. The molecule has 0 aliphatic heterocycles. The Labute approximate surface area is 68.0 Å². The van der Waals surface area contributed by atoms with E-state index in [2.05, 4.69) is 9.05 Å². The van der Waals surface area contributed by atoms with Crippen LogP contribution in [0, 0.1) is 0 Å². The summed E-state index contributed by atoms with van der Waals surface area (Å²) in [5, 5.41) is 0. The summed E-state index contributed by atoms with van der Waals surface area (Å²) in [6.45, 7) is 0. The molecule has 0 rings (SSSR count). The molecule has 0 spiro atoms. The van der Waals surface area contributed by atoms with Gasteiger partial charge in [0.05, 0.1) is 21.0 Å². The van der Waals surface area contributed by atoms with E-state index in [1.165, 1.54) is 0 Å². The summed E-state index contributed by atoms with van der Waals surface area (Å²) in [5.41, 5.74) is 0. The Balaban J connectivity index is -0.0000000400. The Bertz CT molecular complexity index is 15.7. The monoisotopic (exact) mass is 212 g/mol. The largest absolute Gasteiger partial charge is 4.00 e. The van der Waals surface area contributed by atoms with E-state index in [1.807, 2.05) is 0 Å². The maximum atomic E-state index is 7.13. The summed E-state index contributed by atoms with van der Waals surface area (Å²) in [5.74, 6) is 14.3. The van der Waals surface area contributed by atoms with Crippen LogP contribution in [0.5, 0.6) is 0 Å². The van der Waals surface area contributed by atoms with E-state index in [-0.39, 0.29) is 26.2 Å². The fourth-order valence-electron chi connectivity index (χ4n) is 0. The molecule has 0 aromatic heterocycles. The first-order valence-corrected chi connectivity index (χ1v) is 2.81. The van der Waals surface area contributed by atoms with Crippen molar-refractivity contribution in [3.05, 3.63) is 11.8 Å². The molecule has 0 fully saturated rings. The maximum Gasteiger partial charge on any atom is 4.00 e. The van der Waals surface area contributed by atoms with Crippen LogP contribution < -0.4 is 0 Å². The minimum Gasteiger partial charge on any atom is -1.44 e. The summed E-state index contributed by atoms with van der Waals surface area (Å²) >= 11 is 0. The maximum absolute atomic E-state index is 7.13. The molecular weight excluding hydrogens is 207 g/mol. The van der Waals surface area contributed by atoms with Gasteiger partial charge in [0.1, 0.15) is 0 Å². The van der Waals surface area contributed by atoms with E-state index in [0.29, 0.717) is 21.0 Å². The third kappa shape index (κ3) is 142. The van der Waals surface area contributed by atoms with Crippen LogP contribution in [0.1, 0.15) is 0 Å². The molecule has 0 aliphatic carbocycles. The van der Waals surface area contributed by atoms with Crippen LogP contribution in [0.3, 0.4) is 0 Å². The van der Waals surface area contributed by atoms with Crippen molar-refractivity contribution in [2.24, 2.45) is 0 Å². The van der Waals surface area contributed by atoms with E-state index < -0.39 is 0 Å². The zero-order valence-electron chi connectivity index (χ0n) is 4.21. The molecule has 0 heterocycles. The molecule has 0 amide bonds. The van der Waals surface area contributed by atoms with Crippen molar-refractivity contribution in [2.45, 2.75) is 0 Å². The summed E-state index contributed by atoms with van der Waals surface area (Å²) in [6.07, 6.45) is 0.